The monoisotopic (exact) mass is 860 g/mol. The average molecular weight is 861 g/mol. The highest BCUT2D eigenvalue weighted by molar-refractivity contribution is 14.1. The number of aromatic carboxylic acids is 1. The highest BCUT2D eigenvalue weighted by Crippen LogP contribution is 2.77. The maximum atomic E-state index is 14.9. The van der Waals surface area contributed by atoms with Crippen LogP contribution in [-0.2, 0) is 17.9 Å². The van der Waals surface area contributed by atoms with Gasteiger partial charge in [0.25, 0.3) is 5.91 Å². The molecular weight excluding hydrogens is 795 g/mol. The highest BCUT2D eigenvalue weighted by Gasteiger charge is 2.72. The van der Waals surface area contributed by atoms with E-state index in [1.54, 1.807) is 19.1 Å². The Morgan fingerprint density at radius 2 is 1.44 bits per heavy atom. The van der Waals surface area contributed by atoms with Crippen molar-refractivity contribution < 1.29 is 19.5 Å². The van der Waals surface area contributed by atoms with Crippen LogP contribution >= 0.6 is 22.6 Å². The number of fused-ring (bicyclic) bond motifs is 7. The topological polar surface area (TPSA) is 95.5 Å². The molecule has 3 N–H and O–H groups in total. The molecule has 10 atom stereocenters. The number of carboxylic acids is 1. The molecule has 6 nitrogen and oxygen atoms in total. The Kier molecular flexibility index (Phi) is 10.5. The Hall–Kier alpha value is -2.68. The third-order valence-electron chi connectivity index (χ3n) is 17.6. The maximum Gasteiger partial charge on any atom is 0.335 e. The standard InChI is InChI=1S/C48H65IN2O4/c1-28(2)34-19-23-47(43(55)51-27-33-12-10-14-35(30(33)4)41(52)50-26-32-13-11-15-36(31(32)5)42(53)54)24-25-48(49)37(40(34)47)16-17-39-45(8)21-18-29(3)44(6,7)38(45)20-22-46(39,48)9/h10-15,29,34,37-40H,1,16-27H2,2-9H3,(H,50,52)(H,51,55)(H,53,54). The van der Waals surface area contributed by atoms with E-state index in [1.807, 2.05) is 31.2 Å². The Morgan fingerprint density at radius 3 is 2.09 bits per heavy atom. The molecule has 10 unspecified atom stereocenters. The highest BCUT2D eigenvalue weighted by atomic mass is 127. The number of amides is 2. The predicted octanol–water partition coefficient (Wildman–Crippen LogP) is 11.0. The molecular formula is C48H65IN2O4. The lowest BCUT2D eigenvalue weighted by molar-refractivity contribution is -0.192. The maximum absolute atomic E-state index is 14.9. The summed E-state index contributed by atoms with van der Waals surface area (Å²) >= 11 is 2.98. The van der Waals surface area contributed by atoms with Crippen LogP contribution in [0.3, 0.4) is 0 Å². The van der Waals surface area contributed by atoms with Gasteiger partial charge in [0, 0.05) is 22.1 Å². The van der Waals surface area contributed by atoms with Gasteiger partial charge in [-0.2, -0.15) is 0 Å². The molecule has 0 spiro atoms. The molecule has 2 aromatic carbocycles. The van der Waals surface area contributed by atoms with Crippen molar-refractivity contribution in [1.29, 1.82) is 0 Å². The van der Waals surface area contributed by atoms with Crippen molar-refractivity contribution in [2.45, 2.75) is 136 Å². The molecule has 5 fully saturated rings. The third-order valence-corrected chi connectivity index (χ3v) is 20.1. The predicted molar refractivity (Wildman–Crippen MR) is 229 cm³/mol. The molecule has 5 aliphatic rings. The quantitative estimate of drug-likeness (QED) is 0.140. The number of carbonyl (C=O) groups is 3. The normalized spacial score (nSPS) is 37.4. The van der Waals surface area contributed by atoms with Crippen LogP contribution in [0.1, 0.15) is 149 Å². The molecule has 0 aliphatic heterocycles. The first kappa shape index (κ1) is 40.5. The number of nitrogens with one attached hydrogen (secondary N) is 2. The fourth-order valence-corrected chi connectivity index (χ4v) is 15.7. The van der Waals surface area contributed by atoms with E-state index >= 15 is 0 Å². The fourth-order valence-electron chi connectivity index (χ4n) is 14.1. The van der Waals surface area contributed by atoms with E-state index in [4.69, 9.17) is 0 Å². The molecule has 5 saturated carbocycles. The smallest absolute Gasteiger partial charge is 0.335 e. The van der Waals surface area contributed by atoms with Crippen molar-refractivity contribution in [3.63, 3.8) is 0 Å². The van der Waals surface area contributed by atoms with Crippen molar-refractivity contribution in [2.75, 3.05) is 0 Å². The minimum atomic E-state index is -0.978. The molecule has 298 valence electrons. The van der Waals surface area contributed by atoms with Gasteiger partial charge in [-0.1, -0.05) is 93.6 Å². The summed E-state index contributed by atoms with van der Waals surface area (Å²) in [5.41, 5.74) is 5.84. The van der Waals surface area contributed by atoms with E-state index in [0.717, 1.165) is 60.1 Å². The molecule has 0 saturated heterocycles. The largest absolute Gasteiger partial charge is 0.478 e. The number of benzene rings is 2. The van der Waals surface area contributed by atoms with Crippen LogP contribution in [0.25, 0.3) is 0 Å². The van der Waals surface area contributed by atoms with Crippen molar-refractivity contribution in [2.24, 2.45) is 57.2 Å². The molecule has 0 bridgehead atoms. The number of alkyl halides is 1. The number of carboxylic acid groups (broad SMARTS) is 1. The molecule has 5 aliphatic carbocycles. The minimum Gasteiger partial charge on any atom is -0.478 e. The van der Waals surface area contributed by atoms with Crippen LogP contribution in [0.2, 0.25) is 0 Å². The number of rotatable bonds is 8. The first-order valence-electron chi connectivity index (χ1n) is 21.1. The van der Waals surface area contributed by atoms with Gasteiger partial charge in [-0.3, -0.25) is 9.59 Å². The summed E-state index contributed by atoms with van der Waals surface area (Å²) in [6, 6.07) is 10.9. The van der Waals surface area contributed by atoms with E-state index in [2.05, 4.69) is 81.3 Å². The Bertz CT molecular complexity index is 1900. The summed E-state index contributed by atoms with van der Waals surface area (Å²) in [5, 5.41) is 16.0. The van der Waals surface area contributed by atoms with E-state index in [1.165, 1.54) is 44.1 Å². The summed E-state index contributed by atoms with van der Waals surface area (Å²) in [6.07, 6.45) is 11.8. The molecule has 2 aromatic rings. The molecule has 0 aromatic heterocycles. The van der Waals surface area contributed by atoms with E-state index in [-0.39, 0.29) is 32.8 Å². The van der Waals surface area contributed by atoms with Crippen molar-refractivity contribution in [3.8, 4) is 0 Å². The van der Waals surface area contributed by atoms with Crippen LogP contribution in [0, 0.1) is 71.0 Å². The van der Waals surface area contributed by atoms with Gasteiger partial charge in [0.1, 0.15) is 0 Å². The summed E-state index contributed by atoms with van der Waals surface area (Å²) in [5.74, 6) is 2.40. The van der Waals surface area contributed by atoms with Gasteiger partial charge >= 0.3 is 5.97 Å². The first-order valence-corrected chi connectivity index (χ1v) is 22.2. The lowest BCUT2D eigenvalue weighted by Gasteiger charge is -2.72. The molecule has 2 amide bonds. The zero-order valence-electron chi connectivity index (χ0n) is 34.7. The lowest BCUT2D eigenvalue weighted by Crippen LogP contribution is -2.68. The zero-order chi connectivity index (χ0) is 39.9. The van der Waals surface area contributed by atoms with Gasteiger partial charge in [-0.15, -0.1) is 0 Å². The second-order valence-corrected chi connectivity index (χ2v) is 21.8. The number of hydrogen-bond acceptors (Lipinski definition) is 3. The summed E-state index contributed by atoms with van der Waals surface area (Å²) in [7, 11) is 0. The van der Waals surface area contributed by atoms with Gasteiger partial charge in [-0.25, -0.2) is 4.79 Å². The molecule has 0 radical (unpaired) electrons. The number of halogens is 1. The molecule has 7 heteroatoms. The zero-order valence-corrected chi connectivity index (χ0v) is 36.8. The van der Waals surface area contributed by atoms with E-state index in [9.17, 15) is 19.5 Å². The minimum absolute atomic E-state index is 0.160. The van der Waals surface area contributed by atoms with E-state index in [0.29, 0.717) is 46.3 Å². The average Bonchev–Trinajstić information content (AvgIpc) is 3.54. The molecule has 7 rings (SSSR count). The summed E-state index contributed by atoms with van der Waals surface area (Å²) < 4.78 is 0.160. The van der Waals surface area contributed by atoms with Gasteiger partial charge in [0.2, 0.25) is 5.91 Å². The Labute approximate surface area is 344 Å². The first-order chi connectivity index (χ1) is 25.8. The fraction of sp³-hybridized carbons (Fsp3) is 0.646. The van der Waals surface area contributed by atoms with Crippen LogP contribution in [0.15, 0.2) is 48.6 Å². The van der Waals surface area contributed by atoms with Gasteiger partial charge in [0.05, 0.1) is 11.0 Å². The van der Waals surface area contributed by atoms with Gasteiger partial charge < -0.3 is 15.7 Å². The lowest BCUT2D eigenvalue weighted by atomic mass is 9.35. The van der Waals surface area contributed by atoms with Crippen LogP contribution < -0.4 is 10.6 Å². The van der Waals surface area contributed by atoms with Gasteiger partial charge in [-0.05, 0) is 171 Å². The van der Waals surface area contributed by atoms with Crippen molar-refractivity contribution in [1.82, 2.24) is 10.6 Å². The van der Waals surface area contributed by atoms with Gasteiger partial charge in [0.15, 0.2) is 0 Å². The second-order valence-electron chi connectivity index (χ2n) is 19.9. The molecule has 55 heavy (non-hydrogen) atoms. The Morgan fingerprint density at radius 1 is 0.800 bits per heavy atom. The van der Waals surface area contributed by atoms with E-state index < -0.39 is 11.4 Å². The van der Waals surface area contributed by atoms with Crippen molar-refractivity contribution in [3.05, 3.63) is 81.9 Å². The number of hydrogen-bond donors (Lipinski definition) is 3. The number of carbonyl (C=O) groups excluding carboxylic acids is 2. The summed E-state index contributed by atoms with van der Waals surface area (Å²) in [6.45, 7) is 24.1. The Balaban J connectivity index is 1.10. The van der Waals surface area contributed by atoms with Crippen LogP contribution in [-0.4, -0.2) is 26.3 Å². The second kappa shape index (κ2) is 14.3. The third kappa shape index (κ3) is 6.16. The molecule has 0 heterocycles. The van der Waals surface area contributed by atoms with Crippen molar-refractivity contribution >= 4 is 40.4 Å². The number of allylic oxidation sites excluding steroid dienone is 1. The SMILES string of the molecule is C=C(C)C1CCC2(C(=O)NCc3cccc(C(=O)NCc4cccc(C(=O)O)c4C)c3C)CCC3(I)C(CCC4C5(C)CCC(C)C(C)(C)C5CCC43C)C12. The van der Waals surface area contributed by atoms with Crippen LogP contribution in [0.4, 0.5) is 0 Å². The summed E-state index contributed by atoms with van der Waals surface area (Å²) in [4.78, 5) is 40.0. The van der Waals surface area contributed by atoms with Crippen LogP contribution in [0.5, 0.6) is 0 Å².